The first kappa shape index (κ1) is 12.3. The van der Waals surface area contributed by atoms with Crippen molar-refractivity contribution in [2.45, 2.75) is 18.6 Å². The van der Waals surface area contributed by atoms with Crippen LogP contribution in [-0.2, 0) is 9.53 Å². The molecule has 0 aliphatic carbocycles. The van der Waals surface area contributed by atoms with Gasteiger partial charge in [-0.05, 0) is 0 Å². The second kappa shape index (κ2) is 4.61. The monoisotopic (exact) mass is 256 g/mol. The molecule has 1 aliphatic heterocycles. The highest BCUT2D eigenvalue weighted by Crippen LogP contribution is 2.22. The molecule has 2 unspecified atom stereocenters. The molecule has 1 fully saturated rings. The van der Waals surface area contributed by atoms with E-state index < -0.39 is 23.3 Å². The van der Waals surface area contributed by atoms with Gasteiger partial charge in [0, 0.05) is 20.1 Å². The summed E-state index contributed by atoms with van der Waals surface area (Å²) in [6.45, 7) is 0.232. The van der Waals surface area contributed by atoms with Crippen molar-refractivity contribution in [3.63, 3.8) is 0 Å². The van der Waals surface area contributed by atoms with Crippen molar-refractivity contribution in [2.75, 3.05) is 18.6 Å². The third-order valence-electron chi connectivity index (χ3n) is 2.85. The average molecular weight is 256 g/mol. The van der Waals surface area contributed by atoms with Crippen LogP contribution in [-0.4, -0.2) is 52.1 Å². The fraction of sp³-hybridized carbons (Fsp3) is 0.556. The summed E-state index contributed by atoms with van der Waals surface area (Å²) in [6, 6.07) is -0.894. The van der Waals surface area contributed by atoms with Gasteiger partial charge in [-0.1, -0.05) is 0 Å². The Balaban J connectivity index is 2.38. The Hall–Kier alpha value is -2.16. The lowest BCUT2D eigenvalue weighted by Crippen LogP contribution is -2.41. The van der Waals surface area contributed by atoms with Crippen LogP contribution >= 0.6 is 0 Å². The van der Waals surface area contributed by atoms with Crippen molar-refractivity contribution in [2.24, 2.45) is 0 Å². The summed E-state index contributed by atoms with van der Waals surface area (Å²) >= 11 is 0. The molecule has 1 aromatic heterocycles. The first-order chi connectivity index (χ1) is 8.52. The predicted octanol–water partition coefficient (Wildman–Crippen LogP) is -1.86. The SMILES string of the molecule is COC1CC(C(=O)O)N(c2n[nH]c(=O)[nH]c2=O)C1. The number of carboxylic acids is 1. The van der Waals surface area contributed by atoms with Crippen molar-refractivity contribution in [3.05, 3.63) is 20.8 Å². The number of nitrogens with zero attached hydrogens (tertiary/aromatic N) is 2. The minimum Gasteiger partial charge on any atom is -0.480 e. The molecule has 0 amide bonds. The van der Waals surface area contributed by atoms with Crippen molar-refractivity contribution >= 4 is 11.8 Å². The van der Waals surface area contributed by atoms with Crippen LogP contribution < -0.4 is 16.1 Å². The highest BCUT2D eigenvalue weighted by Gasteiger charge is 2.39. The Morgan fingerprint density at radius 3 is 2.83 bits per heavy atom. The van der Waals surface area contributed by atoms with Crippen molar-refractivity contribution in [1.29, 1.82) is 0 Å². The Morgan fingerprint density at radius 1 is 1.56 bits per heavy atom. The quantitative estimate of drug-likeness (QED) is 0.578. The minimum absolute atomic E-state index is 0.124. The van der Waals surface area contributed by atoms with E-state index in [2.05, 4.69) is 10.2 Å². The lowest BCUT2D eigenvalue weighted by molar-refractivity contribution is -0.138. The second-order valence-corrected chi connectivity index (χ2v) is 3.93. The number of H-pyrrole nitrogens is 2. The zero-order valence-electron chi connectivity index (χ0n) is 9.54. The topological polar surface area (TPSA) is 128 Å². The van der Waals surface area contributed by atoms with Crippen molar-refractivity contribution in [1.82, 2.24) is 15.2 Å². The van der Waals surface area contributed by atoms with E-state index in [1.165, 1.54) is 12.0 Å². The van der Waals surface area contributed by atoms with Crippen molar-refractivity contribution < 1.29 is 14.6 Å². The third-order valence-corrected chi connectivity index (χ3v) is 2.85. The Kier molecular flexibility index (Phi) is 3.15. The van der Waals surface area contributed by atoms with E-state index in [-0.39, 0.29) is 24.9 Å². The molecule has 0 aromatic carbocycles. The lowest BCUT2D eigenvalue weighted by Gasteiger charge is -2.20. The molecule has 1 saturated heterocycles. The van der Waals surface area contributed by atoms with Gasteiger partial charge >= 0.3 is 11.7 Å². The normalized spacial score (nSPS) is 23.3. The first-order valence-electron chi connectivity index (χ1n) is 5.24. The van der Waals surface area contributed by atoms with E-state index in [0.717, 1.165) is 0 Å². The summed E-state index contributed by atoms with van der Waals surface area (Å²) in [5, 5.41) is 14.8. The van der Waals surface area contributed by atoms with Gasteiger partial charge in [0.25, 0.3) is 5.56 Å². The van der Waals surface area contributed by atoms with E-state index in [0.29, 0.717) is 0 Å². The van der Waals surface area contributed by atoms with Crippen LogP contribution in [0.5, 0.6) is 0 Å². The minimum atomic E-state index is -1.07. The fourth-order valence-corrected chi connectivity index (χ4v) is 1.97. The van der Waals surface area contributed by atoms with Gasteiger partial charge in [-0.25, -0.2) is 14.7 Å². The number of aliphatic carboxylic acids is 1. The molecule has 0 spiro atoms. The summed E-state index contributed by atoms with van der Waals surface area (Å²) in [4.78, 5) is 36.9. The highest BCUT2D eigenvalue weighted by atomic mass is 16.5. The maximum Gasteiger partial charge on any atom is 0.342 e. The average Bonchev–Trinajstić information content (AvgIpc) is 2.73. The molecule has 18 heavy (non-hydrogen) atoms. The van der Waals surface area contributed by atoms with Crippen LogP contribution in [0.15, 0.2) is 9.59 Å². The number of anilines is 1. The molecule has 3 N–H and O–H groups in total. The maximum atomic E-state index is 11.6. The number of carboxylic acid groups (broad SMARTS) is 1. The molecule has 9 heteroatoms. The summed E-state index contributed by atoms with van der Waals surface area (Å²) < 4.78 is 5.09. The number of methoxy groups -OCH3 is 1. The molecule has 1 aromatic rings. The molecule has 2 rings (SSSR count). The van der Waals surface area contributed by atoms with Gasteiger partial charge in [0.1, 0.15) is 6.04 Å². The van der Waals surface area contributed by atoms with Crippen LogP contribution in [0.4, 0.5) is 5.82 Å². The molecule has 2 heterocycles. The van der Waals surface area contributed by atoms with Crippen LogP contribution in [0.1, 0.15) is 6.42 Å². The van der Waals surface area contributed by atoms with Gasteiger partial charge in [0.2, 0.25) is 5.82 Å². The summed E-state index contributed by atoms with van der Waals surface area (Å²) in [5.41, 5.74) is -1.46. The third kappa shape index (κ3) is 2.12. The predicted molar refractivity (Wildman–Crippen MR) is 59.7 cm³/mol. The number of hydrogen-bond donors (Lipinski definition) is 3. The highest BCUT2D eigenvalue weighted by molar-refractivity contribution is 5.78. The number of ether oxygens (including phenoxy) is 1. The number of hydrogen-bond acceptors (Lipinski definition) is 6. The Bertz CT molecular complexity index is 565. The zero-order chi connectivity index (χ0) is 13.3. The van der Waals surface area contributed by atoms with Gasteiger partial charge < -0.3 is 14.7 Å². The number of carbonyl (C=O) groups is 1. The molecular formula is C9H12N4O5. The maximum absolute atomic E-state index is 11.6. The summed E-state index contributed by atoms with van der Waals surface area (Å²) in [7, 11) is 1.47. The van der Waals surface area contributed by atoms with Gasteiger partial charge in [0.05, 0.1) is 6.10 Å². The first-order valence-corrected chi connectivity index (χ1v) is 5.24. The fourth-order valence-electron chi connectivity index (χ4n) is 1.97. The number of aromatic nitrogens is 3. The van der Waals surface area contributed by atoms with Gasteiger partial charge in [-0.15, -0.1) is 5.10 Å². The number of nitrogens with one attached hydrogen (secondary N) is 2. The largest absolute Gasteiger partial charge is 0.480 e. The standard InChI is InChI=1S/C9H12N4O5/c1-18-4-2-5(8(15)16)13(3-4)6-7(14)10-9(17)12-11-6/h4-5H,2-3H2,1H3,(H,15,16)(H2,10,12,14,17). The van der Waals surface area contributed by atoms with Crippen LogP contribution in [0.2, 0.25) is 0 Å². The molecule has 98 valence electrons. The van der Waals surface area contributed by atoms with Gasteiger partial charge in [-0.2, -0.15) is 0 Å². The Morgan fingerprint density at radius 2 is 2.28 bits per heavy atom. The second-order valence-electron chi connectivity index (χ2n) is 3.93. The number of rotatable bonds is 3. The molecular weight excluding hydrogens is 244 g/mol. The summed E-state index contributed by atoms with van der Waals surface area (Å²) in [6.07, 6.45) is -0.0363. The van der Waals surface area contributed by atoms with E-state index in [1.807, 2.05) is 4.98 Å². The Labute approximate surface area is 100 Å². The molecule has 0 radical (unpaired) electrons. The smallest absolute Gasteiger partial charge is 0.342 e. The van der Waals surface area contributed by atoms with Crippen molar-refractivity contribution in [3.8, 4) is 0 Å². The van der Waals surface area contributed by atoms with Gasteiger partial charge in [0.15, 0.2) is 0 Å². The van der Waals surface area contributed by atoms with Crippen LogP contribution in [0.25, 0.3) is 0 Å². The van der Waals surface area contributed by atoms with Crippen LogP contribution in [0.3, 0.4) is 0 Å². The van der Waals surface area contributed by atoms with E-state index >= 15 is 0 Å². The van der Waals surface area contributed by atoms with Gasteiger partial charge in [-0.3, -0.25) is 9.78 Å². The lowest BCUT2D eigenvalue weighted by atomic mass is 10.2. The summed E-state index contributed by atoms with van der Waals surface area (Å²) in [5.74, 6) is -1.19. The molecule has 0 saturated carbocycles. The molecule has 2 atom stereocenters. The van der Waals surface area contributed by atoms with E-state index in [4.69, 9.17) is 9.84 Å². The van der Waals surface area contributed by atoms with E-state index in [9.17, 15) is 14.4 Å². The zero-order valence-corrected chi connectivity index (χ0v) is 9.54. The molecule has 0 bridgehead atoms. The molecule has 9 nitrogen and oxygen atoms in total. The van der Waals surface area contributed by atoms with Crippen LogP contribution in [0, 0.1) is 0 Å². The number of aromatic amines is 2. The molecule has 1 aliphatic rings. The van der Waals surface area contributed by atoms with E-state index in [1.54, 1.807) is 0 Å².